The maximum Gasteiger partial charge on any atom is 0.262 e. The van der Waals surface area contributed by atoms with E-state index in [2.05, 4.69) is 18.3 Å². The van der Waals surface area contributed by atoms with Crippen molar-refractivity contribution in [2.75, 3.05) is 0 Å². The van der Waals surface area contributed by atoms with Crippen molar-refractivity contribution in [1.29, 1.82) is 5.26 Å². The van der Waals surface area contributed by atoms with Crippen LogP contribution in [0.5, 0.6) is 0 Å². The van der Waals surface area contributed by atoms with E-state index < -0.39 is 21.5 Å². The monoisotopic (exact) mass is 341 g/mol. The Hall–Kier alpha value is -1.43. The van der Waals surface area contributed by atoms with Crippen LogP contribution in [0.1, 0.15) is 47.8 Å². The first kappa shape index (κ1) is 16.9. The van der Waals surface area contributed by atoms with Crippen molar-refractivity contribution in [2.24, 2.45) is 11.1 Å². The van der Waals surface area contributed by atoms with Crippen molar-refractivity contribution in [1.82, 2.24) is 5.32 Å². The SMILES string of the molecule is Cc1cc(S(N)(=O)=O)sc1C(=O)N[C@@]1(C#N)CCC[C@@H](C)C1. The predicted octanol–water partition coefficient (Wildman–Crippen LogP) is 1.91. The lowest BCUT2D eigenvalue weighted by atomic mass is 9.77. The van der Waals surface area contributed by atoms with Crippen LogP contribution >= 0.6 is 11.3 Å². The van der Waals surface area contributed by atoms with Crippen LogP contribution in [0.2, 0.25) is 0 Å². The number of sulfonamides is 1. The molecule has 8 heteroatoms. The van der Waals surface area contributed by atoms with Crippen LogP contribution in [-0.4, -0.2) is 19.9 Å². The summed E-state index contributed by atoms with van der Waals surface area (Å²) >= 11 is 0.839. The lowest BCUT2D eigenvalue weighted by Gasteiger charge is -2.34. The highest BCUT2D eigenvalue weighted by Gasteiger charge is 2.37. The van der Waals surface area contributed by atoms with E-state index in [-0.39, 0.29) is 9.09 Å². The molecule has 3 N–H and O–H groups in total. The second-order valence-corrected chi connectivity index (χ2v) is 8.81. The van der Waals surface area contributed by atoms with Gasteiger partial charge in [-0.2, -0.15) is 5.26 Å². The largest absolute Gasteiger partial charge is 0.333 e. The highest BCUT2D eigenvalue weighted by molar-refractivity contribution is 7.91. The van der Waals surface area contributed by atoms with Crippen LogP contribution in [0, 0.1) is 24.2 Å². The van der Waals surface area contributed by atoms with Crippen LogP contribution < -0.4 is 10.5 Å². The number of hydrogen-bond donors (Lipinski definition) is 2. The van der Waals surface area contributed by atoms with Crippen molar-refractivity contribution in [3.05, 3.63) is 16.5 Å². The molecule has 1 saturated carbocycles. The van der Waals surface area contributed by atoms with Crippen LogP contribution in [0.4, 0.5) is 0 Å². The number of nitrogens with zero attached hydrogens (tertiary/aromatic N) is 1. The fraction of sp³-hybridized carbons (Fsp3) is 0.571. The zero-order valence-electron chi connectivity index (χ0n) is 12.5. The Balaban J connectivity index is 2.26. The number of rotatable bonds is 3. The Kier molecular flexibility index (Phi) is 4.61. The van der Waals surface area contributed by atoms with E-state index in [0.29, 0.717) is 24.3 Å². The summed E-state index contributed by atoms with van der Waals surface area (Å²) in [6.45, 7) is 3.72. The number of aryl methyl sites for hydroxylation is 1. The summed E-state index contributed by atoms with van der Waals surface area (Å²) in [4.78, 5) is 12.7. The fourth-order valence-electron chi connectivity index (χ4n) is 2.89. The van der Waals surface area contributed by atoms with Crippen molar-refractivity contribution < 1.29 is 13.2 Å². The minimum Gasteiger partial charge on any atom is -0.333 e. The first-order valence-electron chi connectivity index (χ1n) is 7.04. The van der Waals surface area contributed by atoms with Gasteiger partial charge in [0.15, 0.2) is 0 Å². The third-order valence-corrected chi connectivity index (χ3v) is 6.60. The molecular weight excluding hydrogens is 322 g/mol. The number of primary sulfonamides is 1. The minimum absolute atomic E-state index is 0.0434. The molecule has 2 atom stereocenters. The Morgan fingerprint density at radius 3 is 2.77 bits per heavy atom. The molecule has 1 amide bonds. The Morgan fingerprint density at radius 2 is 2.27 bits per heavy atom. The Labute approximate surface area is 134 Å². The summed E-state index contributed by atoms with van der Waals surface area (Å²) in [6, 6.07) is 3.62. The second-order valence-electron chi connectivity index (χ2n) is 5.97. The van der Waals surface area contributed by atoms with E-state index in [0.717, 1.165) is 24.2 Å². The lowest BCUT2D eigenvalue weighted by Crippen LogP contribution is -2.50. The number of carbonyl (C=O) groups is 1. The van der Waals surface area contributed by atoms with Gasteiger partial charge in [-0.15, -0.1) is 11.3 Å². The summed E-state index contributed by atoms with van der Waals surface area (Å²) in [5, 5.41) is 17.4. The molecular formula is C14H19N3O3S2. The molecule has 1 aromatic heterocycles. The van der Waals surface area contributed by atoms with E-state index in [1.54, 1.807) is 6.92 Å². The number of nitrogens with two attached hydrogens (primary N) is 1. The predicted molar refractivity (Wildman–Crippen MR) is 83.9 cm³/mol. The average Bonchev–Trinajstić information content (AvgIpc) is 2.81. The van der Waals surface area contributed by atoms with Crippen molar-refractivity contribution >= 4 is 27.3 Å². The second kappa shape index (κ2) is 5.99. The molecule has 1 aliphatic rings. The van der Waals surface area contributed by atoms with E-state index in [1.807, 2.05) is 0 Å². The van der Waals surface area contributed by atoms with Gasteiger partial charge < -0.3 is 5.32 Å². The van der Waals surface area contributed by atoms with E-state index in [9.17, 15) is 18.5 Å². The van der Waals surface area contributed by atoms with Gasteiger partial charge in [0, 0.05) is 0 Å². The molecule has 1 heterocycles. The normalized spacial score (nSPS) is 25.5. The van der Waals surface area contributed by atoms with Gasteiger partial charge in [-0.1, -0.05) is 13.3 Å². The molecule has 0 aliphatic heterocycles. The Bertz CT molecular complexity index is 733. The number of carbonyl (C=O) groups excluding carboxylic acids is 1. The van der Waals surface area contributed by atoms with Crippen LogP contribution in [0.15, 0.2) is 10.3 Å². The van der Waals surface area contributed by atoms with Gasteiger partial charge >= 0.3 is 0 Å². The highest BCUT2D eigenvalue weighted by atomic mass is 32.2. The highest BCUT2D eigenvalue weighted by Crippen LogP contribution is 2.33. The molecule has 1 fully saturated rings. The molecule has 6 nitrogen and oxygen atoms in total. The Morgan fingerprint density at radius 1 is 1.59 bits per heavy atom. The molecule has 2 rings (SSSR count). The molecule has 22 heavy (non-hydrogen) atoms. The van der Waals surface area contributed by atoms with Gasteiger partial charge in [0.1, 0.15) is 9.75 Å². The van der Waals surface area contributed by atoms with Crippen molar-refractivity contribution in [2.45, 2.75) is 49.3 Å². The molecule has 0 unspecified atom stereocenters. The number of hydrogen-bond acceptors (Lipinski definition) is 5. The van der Waals surface area contributed by atoms with Gasteiger partial charge in [0.25, 0.3) is 5.91 Å². The topological polar surface area (TPSA) is 113 Å². The summed E-state index contributed by atoms with van der Waals surface area (Å²) < 4.78 is 22.7. The van der Waals surface area contributed by atoms with E-state index in [1.165, 1.54) is 6.07 Å². The maximum absolute atomic E-state index is 12.5. The van der Waals surface area contributed by atoms with Crippen molar-refractivity contribution in [3.8, 4) is 6.07 Å². The summed E-state index contributed by atoms with van der Waals surface area (Å²) in [5.74, 6) is -0.0360. The van der Waals surface area contributed by atoms with Crippen LogP contribution in [0.3, 0.4) is 0 Å². The summed E-state index contributed by atoms with van der Waals surface area (Å²) in [5.41, 5.74) is -0.323. The first-order chi connectivity index (χ1) is 10.2. The van der Waals surface area contributed by atoms with Crippen LogP contribution in [0.25, 0.3) is 0 Å². The molecule has 0 saturated heterocycles. The molecule has 1 aromatic rings. The van der Waals surface area contributed by atoms with Gasteiger partial charge in [-0.05, 0) is 43.7 Å². The zero-order chi connectivity index (χ0) is 16.5. The third kappa shape index (κ3) is 3.48. The fourth-order valence-corrected chi connectivity index (χ4v) is 4.74. The molecule has 0 spiro atoms. The van der Waals surface area contributed by atoms with Crippen molar-refractivity contribution in [3.63, 3.8) is 0 Å². The van der Waals surface area contributed by atoms with Gasteiger partial charge in [-0.25, -0.2) is 13.6 Å². The van der Waals surface area contributed by atoms with Gasteiger partial charge in [-0.3, -0.25) is 4.79 Å². The summed E-state index contributed by atoms with van der Waals surface area (Å²) in [6.07, 6.45) is 3.17. The number of nitrogens with one attached hydrogen (secondary N) is 1. The number of thiophene rings is 1. The molecule has 0 radical (unpaired) electrons. The van der Waals surface area contributed by atoms with E-state index >= 15 is 0 Å². The quantitative estimate of drug-likeness (QED) is 0.874. The number of amides is 1. The molecule has 1 aliphatic carbocycles. The minimum atomic E-state index is -3.83. The van der Waals surface area contributed by atoms with E-state index in [4.69, 9.17) is 5.14 Å². The smallest absolute Gasteiger partial charge is 0.262 e. The standard InChI is InChI=1S/C14H19N3O3S2/c1-9-4-3-5-14(7-9,8-15)17-13(18)12-10(2)6-11(21-12)22(16,19)20/h6,9H,3-5,7H2,1-2H3,(H,17,18)(H2,16,19,20)/t9-,14+/m1/s1. The maximum atomic E-state index is 12.5. The number of nitriles is 1. The van der Waals surface area contributed by atoms with Crippen LogP contribution in [-0.2, 0) is 10.0 Å². The molecule has 120 valence electrons. The average molecular weight is 341 g/mol. The molecule has 0 bridgehead atoms. The third-order valence-electron chi connectivity index (χ3n) is 3.95. The molecule has 0 aromatic carbocycles. The summed E-state index contributed by atoms with van der Waals surface area (Å²) in [7, 11) is -3.83. The van der Waals surface area contributed by atoms with Gasteiger partial charge in [0.2, 0.25) is 10.0 Å². The first-order valence-corrected chi connectivity index (χ1v) is 9.40. The zero-order valence-corrected chi connectivity index (χ0v) is 14.2. The lowest BCUT2D eigenvalue weighted by molar-refractivity contribution is 0.0894. The van der Waals surface area contributed by atoms with Gasteiger partial charge in [0.05, 0.1) is 10.9 Å².